The zero-order valence-corrected chi connectivity index (χ0v) is 16.6. The summed E-state index contributed by atoms with van der Waals surface area (Å²) in [4.78, 5) is 0. The van der Waals surface area contributed by atoms with Crippen molar-refractivity contribution >= 4 is 0 Å². The highest BCUT2D eigenvalue weighted by Gasteiger charge is 2.69. The molecule has 3 heteroatoms. The lowest BCUT2D eigenvalue weighted by Crippen LogP contribution is -2.48. The number of methoxy groups -OCH3 is 1. The third kappa shape index (κ3) is 1.82. The van der Waals surface area contributed by atoms with Crippen molar-refractivity contribution in [3.63, 3.8) is 0 Å². The van der Waals surface area contributed by atoms with E-state index in [1.165, 1.54) is 36.1 Å². The lowest BCUT2D eigenvalue weighted by molar-refractivity contribution is 0.00350. The second kappa shape index (κ2) is 4.94. The molecule has 0 aliphatic heterocycles. The molecule has 1 N–H and O–H groups in total. The van der Waals surface area contributed by atoms with Crippen molar-refractivity contribution in [2.24, 2.45) is 22.2 Å². The highest BCUT2D eigenvalue weighted by molar-refractivity contribution is 5.66. The molecule has 1 aromatic carbocycles. The lowest BCUT2D eigenvalue weighted by atomic mass is 9.49. The van der Waals surface area contributed by atoms with E-state index in [9.17, 15) is 0 Å². The molecule has 0 saturated heterocycles. The van der Waals surface area contributed by atoms with Crippen LogP contribution < -0.4 is 4.74 Å². The van der Waals surface area contributed by atoms with Gasteiger partial charge in [-0.3, -0.25) is 5.10 Å². The Labute approximate surface area is 156 Å². The molecule has 2 fully saturated rings. The molecule has 5 rings (SSSR count). The van der Waals surface area contributed by atoms with Crippen LogP contribution in [0.5, 0.6) is 5.75 Å². The third-order valence-electron chi connectivity index (χ3n) is 8.42. The van der Waals surface area contributed by atoms with Gasteiger partial charge < -0.3 is 4.74 Å². The summed E-state index contributed by atoms with van der Waals surface area (Å²) >= 11 is 0. The van der Waals surface area contributed by atoms with Gasteiger partial charge >= 0.3 is 0 Å². The van der Waals surface area contributed by atoms with Crippen LogP contribution in [0.15, 0.2) is 24.3 Å². The van der Waals surface area contributed by atoms with Crippen LogP contribution in [0.4, 0.5) is 0 Å². The molecule has 3 nitrogen and oxygen atoms in total. The van der Waals surface area contributed by atoms with Crippen molar-refractivity contribution in [2.75, 3.05) is 7.11 Å². The number of aromatic nitrogens is 2. The first-order valence-electron chi connectivity index (χ1n) is 10.0. The minimum absolute atomic E-state index is 0.318. The van der Waals surface area contributed by atoms with E-state index >= 15 is 0 Å². The van der Waals surface area contributed by atoms with Crippen LogP contribution >= 0.6 is 0 Å². The SMILES string of the molecule is COc1ccc(-c2n[nH]c3c2CC(C)(C)C24CCC(C2)C(C)(C)C34)cc1. The number of H-pyrrole nitrogens is 1. The molecule has 0 radical (unpaired) electrons. The maximum Gasteiger partial charge on any atom is 0.118 e. The molecule has 2 aromatic rings. The summed E-state index contributed by atoms with van der Waals surface area (Å²) in [7, 11) is 1.71. The molecule has 26 heavy (non-hydrogen) atoms. The fourth-order valence-electron chi connectivity index (χ4n) is 6.98. The third-order valence-corrected chi connectivity index (χ3v) is 8.42. The van der Waals surface area contributed by atoms with Gasteiger partial charge in [0, 0.05) is 22.7 Å². The Kier molecular flexibility index (Phi) is 3.11. The van der Waals surface area contributed by atoms with Gasteiger partial charge in [0.25, 0.3) is 0 Å². The standard InChI is InChI=1S/C23H30N2O/c1-21(2)13-17-18(14-6-8-16(26-5)9-7-14)24-25-19(17)20-22(3,4)15-10-11-23(20,21)12-15/h6-9,15,20H,10-13H2,1-5H3,(H,24,25). The molecule has 1 heterocycles. The molecular weight excluding hydrogens is 320 g/mol. The van der Waals surface area contributed by atoms with Gasteiger partial charge in [0.15, 0.2) is 0 Å². The monoisotopic (exact) mass is 350 g/mol. The van der Waals surface area contributed by atoms with Crippen molar-refractivity contribution in [3.05, 3.63) is 35.5 Å². The number of nitrogens with zero attached hydrogens (tertiary/aromatic N) is 1. The van der Waals surface area contributed by atoms with Crippen molar-refractivity contribution in [2.45, 2.75) is 59.3 Å². The molecule has 3 aliphatic carbocycles. The first-order valence-corrected chi connectivity index (χ1v) is 10.0. The summed E-state index contributed by atoms with van der Waals surface area (Å²) in [5, 5.41) is 8.35. The number of rotatable bonds is 2. The number of fused-ring (bicyclic) bond motifs is 3. The topological polar surface area (TPSA) is 37.9 Å². The minimum atomic E-state index is 0.318. The summed E-state index contributed by atoms with van der Waals surface area (Å²) in [6.07, 6.45) is 5.31. The molecule has 2 saturated carbocycles. The second-order valence-corrected chi connectivity index (χ2v) is 10.1. The van der Waals surface area contributed by atoms with Crippen LogP contribution in [0.2, 0.25) is 0 Å². The Bertz CT molecular complexity index is 861. The van der Waals surface area contributed by atoms with Crippen molar-refractivity contribution in [1.82, 2.24) is 10.2 Å². The van der Waals surface area contributed by atoms with Crippen molar-refractivity contribution in [3.8, 4) is 17.0 Å². The number of hydrogen-bond acceptors (Lipinski definition) is 2. The molecular formula is C23H30N2O. The van der Waals surface area contributed by atoms with E-state index in [2.05, 4.69) is 44.9 Å². The lowest BCUT2D eigenvalue weighted by Gasteiger charge is -2.55. The minimum Gasteiger partial charge on any atom is -0.497 e. The van der Waals surface area contributed by atoms with Crippen LogP contribution in [-0.4, -0.2) is 17.3 Å². The van der Waals surface area contributed by atoms with Gasteiger partial charge in [0.05, 0.1) is 12.8 Å². The number of nitrogens with one attached hydrogen (secondary N) is 1. The fraction of sp³-hybridized carbons (Fsp3) is 0.609. The van der Waals surface area contributed by atoms with E-state index in [4.69, 9.17) is 9.84 Å². The largest absolute Gasteiger partial charge is 0.497 e. The average Bonchev–Trinajstić information content (AvgIpc) is 3.26. The van der Waals surface area contributed by atoms with Gasteiger partial charge in [0.2, 0.25) is 0 Å². The number of hydrogen-bond donors (Lipinski definition) is 1. The van der Waals surface area contributed by atoms with Crippen LogP contribution in [0.1, 0.15) is 64.1 Å². The molecule has 0 amide bonds. The average molecular weight is 351 g/mol. The van der Waals surface area contributed by atoms with Crippen molar-refractivity contribution < 1.29 is 4.74 Å². The molecule has 1 spiro atoms. The van der Waals surface area contributed by atoms with Gasteiger partial charge in [-0.2, -0.15) is 5.10 Å². The fourth-order valence-corrected chi connectivity index (χ4v) is 6.98. The van der Waals surface area contributed by atoms with Gasteiger partial charge in [-0.25, -0.2) is 0 Å². The first kappa shape index (κ1) is 16.4. The maximum atomic E-state index is 5.32. The predicted octanol–water partition coefficient (Wildman–Crippen LogP) is 5.58. The van der Waals surface area contributed by atoms with E-state index in [0.717, 1.165) is 23.8 Å². The summed E-state index contributed by atoms with van der Waals surface area (Å²) in [5.41, 5.74) is 6.34. The second-order valence-electron chi connectivity index (χ2n) is 10.1. The molecule has 1 aromatic heterocycles. The maximum absolute atomic E-state index is 5.32. The Balaban J connectivity index is 1.67. The summed E-state index contributed by atoms with van der Waals surface area (Å²) < 4.78 is 5.32. The summed E-state index contributed by atoms with van der Waals surface area (Å²) in [5.74, 6) is 2.35. The van der Waals surface area contributed by atoms with Crippen LogP contribution in [0.25, 0.3) is 11.3 Å². The highest BCUT2D eigenvalue weighted by atomic mass is 16.5. The Morgan fingerprint density at radius 3 is 2.54 bits per heavy atom. The number of aromatic amines is 1. The van der Waals surface area contributed by atoms with E-state index in [-0.39, 0.29) is 0 Å². The molecule has 138 valence electrons. The quantitative estimate of drug-likeness (QED) is 0.768. The molecule has 3 aliphatic rings. The zero-order chi connectivity index (χ0) is 18.3. The normalized spacial score (nSPS) is 33.0. The van der Waals surface area contributed by atoms with E-state index in [1.54, 1.807) is 7.11 Å². The van der Waals surface area contributed by atoms with Gasteiger partial charge in [-0.05, 0) is 72.1 Å². The Morgan fingerprint density at radius 2 is 1.85 bits per heavy atom. The van der Waals surface area contributed by atoms with Gasteiger partial charge in [0.1, 0.15) is 5.75 Å². The van der Waals surface area contributed by atoms with E-state index in [0.29, 0.717) is 22.2 Å². The summed E-state index contributed by atoms with van der Waals surface area (Å²) in [6, 6.07) is 8.35. The molecule has 3 atom stereocenters. The van der Waals surface area contributed by atoms with E-state index in [1.807, 2.05) is 12.1 Å². The molecule has 2 bridgehead atoms. The smallest absolute Gasteiger partial charge is 0.118 e. The predicted molar refractivity (Wildman–Crippen MR) is 104 cm³/mol. The highest BCUT2D eigenvalue weighted by Crippen LogP contribution is 2.77. The van der Waals surface area contributed by atoms with E-state index < -0.39 is 0 Å². The Hall–Kier alpha value is -1.77. The van der Waals surface area contributed by atoms with Crippen LogP contribution in [0.3, 0.4) is 0 Å². The Morgan fingerprint density at radius 1 is 1.12 bits per heavy atom. The number of benzene rings is 1. The first-order chi connectivity index (χ1) is 12.3. The van der Waals surface area contributed by atoms with Crippen LogP contribution in [-0.2, 0) is 6.42 Å². The number of ether oxygens (including phenoxy) is 1. The van der Waals surface area contributed by atoms with Crippen molar-refractivity contribution in [1.29, 1.82) is 0 Å². The summed E-state index contributed by atoms with van der Waals surface area (Å²) in [6.45, 7) is 10.0. The van der Waals surface area contributed by atoms with Gasteiger partial charge in [-0.15, -0.1) is 0 Å². The van der Waals surface area contributed by atoms with Gasteiger partial charge in [-0.1, -0.05) is 27.7 Å². The molecule has 3 unspecified atom stereocenters. The zero-order valence-electron chi connectivity index (χ0n) is 16.6. The van der Waals surface area contributed by atoms with Crippen LogP contribution in [0, 0.1) is 22.2 Å².